The second-order valence-electron chi connectivity index (χ2n) is 6.71. The molecule has 4 rings (SSSR count). The number of carbonyl (C=O) groups is 1. The molecule has 2 aromatic carbocycles. The van der Waals surface area contributed by atoms with Gasteiger partial charge in [-0.3, -0.25) is 4.79 Å². The van der Waals surface area contributed by atoms with E-state index in [2.05, 4.69) is 20.7 Å². The molecule has 1 amide bonds. The van der Waals surface area contributed by atoms with Crippen molar-refractivity contribution in [3.63, 3.8) is 0 Å². The Morgan fingerprint density at radius 1 is 1.19 bits per heavy atom. The summed E-state index contributed by atoms with van der Waals surface area (Å²) in [5.74, 6) is 0.959. The number of thiophene rings is 1. The number of nitrogens with zero attached hydrogens (tertiary/aromatic N) is 2. The van der Waals surface area contributed by atoms with Gasteiger partial charge in [0.15, 0.2) is 0 Å². The zero-order valence-corrected chi connectivity index (χ0v) is 19.4. The molecule has 0 fully saturated rings. The molecule has 5 nitrogen and oxygen atoms in total. The molecule has 1 N–H and O–H groups in total. The molecule has 0 aliphatic heterocycles. The van der Waals surface area contributed by atoms with Crippen molar-refractivity contribution in [2.24, 2.45) is 0 Å². The van der Waals surface area contributed by atoms with E-state index in [4.69, 9.17) is 16.3 Å². The van der Waals surface area contributed by atoms with Gasteiger partial charge in [-0.25, -0.2) is 9.97 Å². The third-order valence-corrected chi connectivity index (χ3v) is 6.98. The van der Waals surface area contributed by atoms with E-state index in [0.29, 0.717) is 11.6 Å². The molecule has 31 heavy (non-hydrogen) atoms. The van der Waals surface area contributed by atoms with Crippen LogP contribution >= 0.6 is 34.7 Å². The van der Waals surface area contributed by atoms with Gasteiger partial charge in [-0.1, -0.05) is 41.6 Å². The highest BCUT2D eigenvalue weighted by Crippen LogP contribution is 2.38. The molecule has 0 aliphatic carbocycles. The highest BCUT2D eigenvalue weighted by atomic mass is 35.5. The smallest absolute Gasteiger partial charge is 0.234 e. The molecule has 0 unspecified atom stereocenters. The number of rotatable bonds is 7. The van der Waals surface area contributed by atoms with Crippen molar-refractivity contribution in [2.75, 3.05) is 17.7 Å². The van der Waals surface area contributed by atoms with E-state index in [1.165, 1.54) is 11.8 Å². The zero-order valence-electron chi connectivity index (χ0n) is 17.0. The normalized spacial score (nSPS) is 10.9. The van der Waals surface area contributed by atoms with E-state index >= 15 is 0 Å². The number of fused-ring (bicyclic) bond motifs is 1. The fourth-order valence-electron chi connectivity index (χ4n) is 3.13. The van der Waals surface area contributed by atoms with Crippen LogP contribution in [-0.2, 0) is 4.79 Å². The minimum atomic E-state index is -0.111. The van der Waals surface area contributed by atoms with Gasteiger partial charge in [-0.2, -0.15) is 0 Å². The van der Waals surface area contributed by atoms with Gasteiger partial charge in [-0.05, 0) is 49.2 Å². The van der Waals surface area contributed by atoms with Gasteiger partial charge in [-0.15, -0.1) is 11.3 Å². The number of benzene rings is 2. The second-order valence-corrected chi connectivity index (χ2v) is 8.94. The first kappa shape index (κ1) is 21.6. The molecule has 2 aromatic heterocycles. The van der Waals surface area contributed by atoms with E-state index < -0.39 is 0 Å². The van der Waals surface area contributed by atoms with Crippen molar-refractivity contribution in [1.82, 2.24) is 9.97 Å². The molecule has 0 saturated carbocycles. The third-order valence-electron chi connectivity index (χ3n) is 4.69. The third kappa shape index (κ3) is 4.84. The molecule has 0 atom stereocenters. The van der Waals surface area contributed by atoms with Crippen LogP contribution in [0.25, 0.3) is 21.3 Å². The maximum Gasteiger partial charge on any atom is 0.234 e. The molecule has 0 bridgehead atoms. The molecule has 0 radical (unpaired) electrons. The van der Waals surface area contributed by atoms with Gasteiger partial charge in [0, 0.05) is 21.7 Å². The maximum absolute atomic E-state index is 12.5. The van der Waals surface area contributed by atoms with Crippen LogP contribution in [0.5, 0.6) is 5.75 Å². The molecule has 158 valence electrons. The molecule has 0 spiro atoms. The highest BCUT2D eigenvalue weighted by molar-refractivity contribution is 8.00. The minimum absolute atomic E-state index is 0.111. The van der Waals surface area contributed by atoms with E-state index in [0.717, 1.165) is 43.4 Å². The number of ether oxygens (including phenoxy) is 1. The van der Waals surface area contributed by atoms with Gasteiger partial charge in [0.2, 0.25) is 5.91 Å². The molecular formula is C23H20ClN3O2S2. The number of thioether (sulfide) groups is 1. The van der Waals surface area contributed by atoms with E-state index in [9.17, 15) is 4.79 Å². The summed E-state index contributed by atoms with van der Waals surface area (Å²) in [6, 6.07) is 13.4. The first-order chi connectivity index (χ1) is 15.1. The molecule has 8 heteroatoms. The Hall–Kier alpha value is -2.61. The Labute approximate surface area is 193 Å². The summed E-state index contributed by atoms with van der Waals surface area (Å²) in [5.41, 5.74) is 3.68. The summed E-state index contributed by atoms with van der Waals surface area (Å²) in [5, 5.41) is 7.38. The van der Waals surface area contributed by atoms with Crippen molar-refractivity contribution >= 4 is 56.5 Å². The first-order valence-corrected chi connectivity index (χ1v) is 11.9. The number of hydrogen-bond acceptors (Lipinski definition) is 6. The van der Waals surface area contributed by atoms with E-state index in [1.807, 2.05) is 50.2 Å². The van der Waals surface area contributed by atoms with Gasteiger partial charge in [0.25, 0.3) is 0 Å². The Morgan fingerprint density at radius 2 is 2.00 bits per heavy atom. The number of carbonyl (C=O) groups excluding carboxylic acids is 1. The van der Waals surface area contributed by atoms with Gasteiger partial charge in [0.1, 0.15) is 21.9 Å². The van der Waals surface area contributed by atoms with Gasteiger partial charge < -0.3 is 10.1 Å². The molecule has 2 heterocycles. The summed E-state index contributed by atoms with van der Waals surface area (Å²) in [6.45, 7) is 4.48. The summed E-state index contributed by atoms with van der Waals surface area (Å²) in [4.78, 5) is 22.3. The average molecular weight is 470 g/mol. The van der Waals surface area contributed by atoms with Gasteiger partial charge in [0.05, 0.1) is 17.7 Å². The molecule has 0 aliphatic rings. The average Bonchev–Trinajstić information content (AvgIpc) is 3.21. The number of hydrogen-bond donors (Lipinski definition) is 1. The lowest BCUT2D eigenvalue weighted by atomic mass is 10.1. The first-order valence-electron chi connectivity index (χ1n) is 9.70. The van der Waals surface area contributed by atoms with E-state index in [-0.39, 0.29) is 11.7 Å². The maximum atomic E-state index is 12.5. The summed E-state index contributed by atoms with van der Waals surface area (Å²) in [6.07, 6.45) is 1.54. The number of aromatic nitrogens is 2. The van der Waals surface area contributed by atoms with Gasteiger partial charge >= 0.3 is 0 Å². The van der Waals surface area contributed by atoms with Crippen LogP contribution in [0.1, 0.15) is 12.5 Å². The lowest BCUT2D eigenvalue weighted by Crippen LogP contribution is -2.15. The number of halogens is 1. The van der Waals surface area contributed by atoms with Crippen molar-refractivity contribution in [1.29, 1.82) is 0 Å². The fourth-order valence-corrected chi connectivity index (χ4v) is 5.10. The number of anilines is 1. The molecule has 4 aromatic rings. The predicted molar refractivity (Wildman–Crippen MR) is 130 cm³/mol. The standard InChI is InChI=1S/C23H20ClN3O2S2/c1-3-29-16-9-7-15(8-10-16)17-11-30-22-21(17)23(26-13-25-22)31-12-20(28)27-19-6-4-5-18(24)14(19)2/h4-11,13H,3,12H2,1-2H3,(H,27,28). The van der Waals surface area contributed by atoms with Crippen LogP contribution in [0.3, 0.4) is 0 Å². The van der Waals surface area contributed by atoms with Crippen LogP contribution in [0.15, 0.2) is 59.2 Å². The van der Waals surface area contributed by atoms with Crippen LogP contribution in [0.4, 0.5) is 5.69 Å². The lowest BCUT2D eigenvalue weighted by molar-refractivity contribution is -0.113. The fraction of sp³-hybridized carbons (Fsp3) is 0.174. The quantitative estimate of drug-likeness (QED) is 0.249. The summed E-state index contributed by atoms with van der Waals surface area (Å²) < 4.78 is 5.54. The SMILES string of the molecule is CCOc1ccc(-c2csc3ncnc(SCC(=O)Nc4cccc(Cl)c4C)c23)cc1. The predicted octanol–water partition coefficient (Wildman–Crippen LogP) is 6.45. The van der Waals surface area contributed by atoms with Crippen molar-refractivity contribution in [3.8, 4) is 16.9 Å². The summed E-state index contributed by atoms with van der Waals surface area (Å²) in [7, 11) is 0. The monoisotopic (exact) mass is 469 g/mol. The van der Waals surface area contributed by atoms with E-state index in [1.54, 1.807) is 23.7 Å². The Morgan fingerprint density at radius 3 is 2.77 bits per heavy atom. The van der Waals surface area contributed by atoms with Crippen molar-refractivity contribution in [3.05, 3.63) is 64.8 Å². The van der Waals surface area contributed by atoms with Crippen molar-refractivity contribution in [2.45, 2.75) is 18.9 Å². The van der Waals surface area contributed by atoms with Crippen LogP contribution in [0, 0.1) is 6.92 Å². The van der Waals surface area contributed by atoms with Crippen LogP contribution in [-0.4, -0.2) is 28.2 Å². The molecular weight excluding hydrogens is 450 g/mol. The topological polar surface area (TPSA) is 64.1 Å². The van der Waals surface area contributed by atoms with Crippen molar-refractivity contribution < 1.29 is 9.53 Å². The van der Waals surface area contributed by atoms with Crippen LogP contribution < -0.4 is 10.1 Å². The number of amides is 1. The minimum Gasteiger partial charge on any atom is -0.494 e. The largest absolute Gasteiger partial charge is 0.494 e. The number of nitrogens with one attached hydrogen (secondary N) is 1. The Bertz CT molecular complexity index is 1230. The molecule has 0 saturated heterocycles. The highest BCUT2D eigenvalue weighted by Gasteiger charge is 2.15. The zero-order chi connectivity index (χ0) is 21.8. The Kier molecular flexibility index (Phi) is 6.75. The lowest BCUT2D eigenvalue weighted by Gasteiger charge is -2.10. The Balaban J connectivity index is 1.55. The second kappa shape index (κ2) is 9.68. The van der Waals surface area contributed by atoms with Crippen LogP contribution in [0.2, 0.25) is 5.02 Å². The summed E-state index contributed by atoms with van der Waals surface area (Å²) >= 11 is 9.11.